The van der Waals surface area contributed by atoms with E-state index in [0.717, 1.165) is 0 Å². The molecule has 0 spiro atoms. The molecule has 1 aromatic carbocycles. The van der Waals surface area contributed by atoms with Crippen molar-refractivity contribution in [2.75, 3.05) is 12.4 Å². The van der Waals surface area contributed by atoms with Gasteiger partial charge in [-0.25, -0.2) is 4.79 Å². The standard InChI is InChI=1S/C21H30N2O4Si/c1-15(24)22-17-12-9-8-11-16(17)19(25)23-18(20(26)27-5)13-10-14-28(6,7)21(2,3)4/h8-9,11-12,18H,13H2,1-7H3,(H,22,24)(H,23,25)/t18-/m1/s1. The van der Waals surface area contributed by atoms with E-state index in [0.29, 0.717) is 5.69 Å². The molecule has 2 amide bonds. The Morgan fingerprint density at radius 2 is 1.79 bits per heavy atom. The molecule has 1 atom stereocenters. The van der Waals surface area contributed by atoms with Crippen molar-refractivity contribution in [1.82, 2.24) is 5.32 Å². The van der Waals surface area contributed by atoms with Crippen LogP contribution in [0.5, 0.6) is 0 Å². The molecule has 1 aromatic rings. The molecule has 28 heavy (non-hydrogen) atoms. The zero-order valence-electron chi connectivity index (χ0n) is 17.7. The fourth-order valence-electron chi connectivity index (χ4n) is 2.11. The van der Waals surface area contributed by atoms with Gasteiger partial charge >= 0.3 is 5.97 Å². The van der Waals surface area contributed by atoms with Crippen LogP contribution in [0.25, 0.3) is 0 Å². The van der Waals surface area contributed by atoms with Gasteiger partial charge in [0, 0.05) is 13.3 Å². The van der Waals surface area contributed by atoms with Crippen LogP contribution >= 0.6 is 0 Å². The van der Waals surface area contributed by atoms with Crippen LogP contribution in [0.1, 0.15) is 44.5 Å². The average Bonchev–Trinajstić information content (AvgIpc) is 2.58. The highest BCUT2D eigenvalue weighted by Gasteiger charge is 2.33. The Balaban J connectivity index is 3.02. The number of hydrogen-bond acceptors (Lipinski definition) is 4. The lowest BCUT2D eigenvalue weighted by Crippen LogP contribution is -2.42. The SMILES string of the molecule is COC(=O)[C@@H](CC#C[Si](C)(C)C(C)(C)C)NC(=O)c1ccccc1NC(C)=O. The third-order valence-electron chi connectivity index (χ3n) is 4.86. The second-order valence-electron chi connectivity index (χ2n) is 8.16. The molecule has 0 heterocycles. The molecule has 2 N–H and O–H groups in total. The van der Waals surface area contributed by atoms with Gasteiger partial charge in [-0.15, -0.1) is 11.5 Å². The summed E-state index contributed by atoms with van der Waals surface area (Å²) in [5, 5.41) is 5.38. The smallest absolute Gasteiger partial charge is 0.329 e. The zero-order valence-corrected chi connectivity index (χ0v) is 18.7. The zero-order chi connectivity index (χ0) is 21.5. The first-order valence-corrected chi connectivity index (χ1v) is 12.1. The van der Waals surface area contributed by atoms with Crippen molar-refractivity contribution in [3.05, 3.63) is 29.8 Å². The Bertz CT molecular complexity index is 801. The molecule has 0 aliphatic carbocycles. The fourth-order valence-corrected chi connectivity index (χ4v) is 3.03. The number of rotatable bonds is 5. The van der Waals surface area contributed by atoms with Gasteiger partial charge in [-0.1, -0.05) is 46.0 Å². The molecule has 0 bridgehead atoms. The highest BCUT2D eigenvalue weighted by molar-refractivity contribution is 6.87. The number of hydrogen-bond donors (Lipinski definition) is 2. The van der Waals surface area contributed by atoms with E-state index in [-0.39, 0.29) is 22.9 Å². The minimum atomic E-state index is -1.82. The molecular formula is C21H30N2O4Si. The lowest BCUT2D eigenvalue weighted by Gasteiger charge is -2.31. The molecule has 0 aliphatic rings. The number of para-hydroxylation sites is 1. The third kappa shape index (κ3) is 6.53. The number of anilines is 1. The van der Waals surface area contributed by atoms with E-state index in [9.17, 15) is 14.4 Å². The normalized spacial score (nSPS) is 12.2. The summed E-state index contributed by atoms with van der Waals surface area (Å²) in [4.78, 5) is 36.2. The number of amides is 2. The molecule has 1 rings (SSSR count). The quantitative estimate of drug-likeness (QED) is 0.449. The van der Waals surface area contributed by atoms with Crippen molar-refractivity contribution >= 4 is 31.5 Å². The van der Waals surface area contributed by atoms with Crippen molar-refractivity contribution in [2.45, 2.75) is 58.3 Å². The van der Waals surface area contributed by atoms with Gasteiger partial charge in [0.15, 0.2) is 0 Å². The van der Waals surface area contributed by atoms with Crippen molar-refractivity contribution in [3.8, 4) is 11.5 Å². The maximum atomic E-state index is 12.7. The van der Waals surface area contributed by atoms with Crippen molar-refractivity contribution in [3.63, 3.8) is 0 Å². The fraction of sp³-hybridized carbons (Fsp3) is 0.476. The minimum Gasteiger partial charge on any atom is -0.467 e. The van der Waals surface area contributed by atoms with Crippen LogP contribution in [0.4, 0.5) is 5.69 Å². The van der Waals surface area contributed by atoms with Crippen molar-refractivity contribution < 1.29 is 19.1 Å². The first kappa shape index (κ1) is 23.4. The van der Waals surface area contributed by atoms with E-state index in [1.54, 1.807) is 24.3 Å². The number of methoxy groups -OCH3 is 1. The first-order valence-electron chi connectivity index (χ1n) is 9.14. The molecule has 152 valence electrons. The maximum absolute atomic E-state index is 12.7. The van der Waals surface area contributed by atoms with Crippen LogP contribution in [0, 0.1) is 11.5 Å². The molecule has 7 heteroatoms. The van der Waals surface area contributed by atoms with Gasteiger partial charge in [0.25, 0.3) is 5.91 Å². The van der Waals surface area contributed by atoms with Crippen molar-refractivity contribution in [2.24, 2.45) is 0 Å². The first-order chi connectivity index (χ1) is 12.9. The number of esters is 1. The monoisotopic (exact) mass is 402 g/mol. The van der Waals surface area contributed by atoms with Gasteiger partial charge in [0.1, 0.15) is 14.1 Å². The Morgan fingerprint density at radius 3 is 2.32 bits per heavy atom. The van der Waals surface area contributed by atoms with Gasteiger partial charge in [0.2, 0.25) is 5.91 Å². The van der Waals surface area contributed by atoms with Crippen molar-refractivity contribution in [1.29, 1.82) is 0 Å². The van der Waals surface area contributed by atoms with Crippen LogP contribution in [-0.2, 0) is 14.3 Å². The molecule has 0 radical (unpaired) electrons. The number of benzene rings is 1. The van der Waals surface area contributed by atoms with Crippen LogP contribution in [-0.4, -0.2) is 39.0 Å². The Kier molecular flexibility index (Phi) is 8.00. The molecule has 0 saturated carbocycles. The Hall–Kier alpha value is -2.59. The molecular weight excluding hydrogens is 372 g/mol. The highest BCUT2D eigenvalue weighted by atomic mass is 28.3. The molecule has 0 saturated heterocycles. The van der Waals surface area contributed by atoms with E-state index in [1.807, 2.05) is 0 Å². The molecule has 6 nitrogen and oxygen atoms in total. The summed E-state index contributed by atoms with van der Waals surface area (Å²) in [7, 11) is -0.550. The number of carbonyl (C=O) groups excluding carboxylic acids is 3. The highest BCUT2D eigenvalue weighted by Crippen LogP contribution is 2.35. The van der Waals surface area contributed by atoms with Crippen LogP contribution in [0.3, 0.4) is 0 Å². The summed E-state index contributed by atoms with van der Waals surface area (Å²) in [5.41, 5.74) is 3.98. The number of ether oxygens (including phenoxy) is 1. The van der Waals surface area contributed by atoms with E-state index < -0.39 is 26.0 Å². The Morgan fingerprint density at radius 1 is 1.18 bits per heavy atom. The maximum Gasteiger partial charge on any atom is 0.329 e. The third-order valence-corrected chi connectivity index (χ3v) is 9.41. The minimum absolute atomic E-state index is 0.0985. The summed E-state index contributed by atoms with van der Waals surface area (Å²) in [5.74, 6) is 1.75. The summed E-state index contributed by atoms with van der Waals surface area (Å²) >= 11 is 0. The molecule has 0 unspecified atom stereocenters. The van der Waals surface area contributed by atoms with E-state index in [4.69, 9.17) is 4.74 Å². The average molecular weight is 403 g/mol. The summed E-state index contributed by atoms with van der Waals surface area (Å²) in [6.45, 7) is 12.2. The second-order valence-corrected chi connectivity index (χ2v) is 13.2. The van der Waals surface area contributed by atoms with E-state index in [1.165, 1.54) is 14.0 Å². The van der Waals surface area contributed by atoms with Gasteiger partial charge in [-0.2, -0.15) is 0 Å². The number of nitrogens with one attached hydrogen (secondary N) is 2. The largest absolute Gasteiger partial charge is 0.467 e. The predicted molar refractivity (Wildman–Crippen MR) is 114 cm³/mol. The second kappa shape index (κ2) is 9.56. The lowest BCUT2D eigenvalue weighted by molar-refractivity contribution is -0.142. The summed E-state index contributed by atoms with van der Waals surface area (Å²) < 4.78 is 4.81. The topological polar surface area (TPSA) is 84.5 Å². The van der Waals surface area contributed by atoms with Crippen LogP contribution in [0.2, 0.25) is 18.1 Å². The van der Waals surface area contributed by atoms with Gasteiger partial charge in [0.05, 0.1) is 18.4 Å². The van der Waals surface area contributed by atoms with Gasteiger partial charge in [-0.3, -0.25) is 9.59 Å². The molecule has 0 aliphatic heterocycles. The molecule has 0 fully saturated rings. The molecule has 0 aromatic heterocycles. The summed E-state index contributed by atoms with van der Waals surface area (Å²) in [6.07, 6.45) is 0.160. The van der Waals surface area contributed by atoms with E-state index in [2.05, 4.69) is 56.0 Å². The predicted octanol–water partition coefficient (Wildman–Crippen LogP) is 3.36. The van der Waals surface area contributed by atoms with Crippen LogP contribution < -0.4 is 10.6 Å². The lowest BCUT2D eigenvalue weighted by atomic mass is 10.1. The number of carbonyl (C=O) groups is 3. The van der Waals surface area contributed by atoms with Gasteiger partial charge in [-0.05, 0) is 17.2 Å². The van der Waals surface area contributed by atoms with E-state index >= 15 is 0 Å². The Labute approximate surface area is 168 Å². The van der Waals surface area contributed by atoms with Gasteiger partial charge < -0.3 is 15.4 Å². The van der Waals surface area contributed by atoms with Crippen LogP contribution in [0.15, 0.2) is 24.3 Å². The summed E-state index contributed by atoms with van der Waals surface area (Å²) in [6, 6.07) is 5.71.